The van der Waals surface area contributed by atoms with Crippen molar-refractivity contribution in [2.45, 2.75) is 30.1 Å². The lowest BCUT2D eigenvalue weighted by Gasteiger charge is -2.32. The molecule has 3 aromatic carbocycles. The van der Waals surface area contributed by atoms with E-state index in [2.05, 4.69) is 36.3 Å². The minimum absolute atomic E-state index is 0.0911. The van der Waals surface area contributed by atoms with Crippen molar-refractivity contribution in [1.82, 2.24) is 18.7 Å². The lowest BCUT2D eigenvalue weighted by molar-refractivity contribution is 0.413. The Balaban J connectivity index is 1.44. The summed E-state index contributed by atoms with van der Waals surface area (Å²) in [7, 11) is -2.09. The van der Waals surface area contributed by atoms with Crippen molar-refractivity contribution in [3.05, 3.63) is 124 Å². The van der Waals surface area contributed by atoms with Crippen LogP contribution in [0.1, 0.15) is 28.7 Å². The molecule has 0 bridgehead atoms. The van der Waals surface area contributed by atoms with Gasteiger partial charge in [0.1, 0.15) is 0 Å². The number of aryl methyl sites for hydroxylation is 2. The van der Waals surface area contributed by atoms with E-state index < -0.39 is 15.4 Å². The Labute approximate surface area is 238 Å². The van der Waals surface area contributed by atoms with Gasteiger partial charge in [-0.3, -0.25) is 4.79 Å². The second-order valence-electron chi connectivity index (χ2n) is 10.8. The number of benzene rings is 3. The van der Waals surface area contributed by atoms with Gasteiger partial charge in [-0.25, -0.2) is 13.1 Å². The maximum Gasteiger partial charge on any atom is 0.250 e. The summed E-state index contributed by atoms with van der Waals surface area (Å²) in [5.74, 6) is 0. The quantitative estimate of drug-likeness (QED) is 0.303. The summed E-state index contributed by atoms with van der Waals surface area (Å²) in [6.45, 7) is 2.76. The molecule has 8 nitrogen and oxygen atoms in total. The molecule has 0 N–H and O–H groups in total. The van der Waals surface area contributed by atoms with Crippen LogP contribution in [0, 0.1) is 18.3 Å². The van der Waals surface area contributed by atoms with Crippen LogP contribution in [0.3, 0.4) is 0 Å². The predicted molar refractivity (Wildman–Crippen MR) is 157 cm³/mol. The van der Waals surface area contributed by atoms with Gasteiger partial charge in [0.2, 0.25) is 15.6 Å². The van der Waals surface area contributed by atoms with E-state index in [4.69, 9.17) is 0 Å². The molecule has 0 aliphatic carbocycles. The molecule has 9 heteroatoms. The zero-order valence-corrected chi connectivity index (χ0v) is 23.7. The Hall–Kier alpha value is -4.52. The van der Waals surface area contributed by atoms with E-state index in [-0.39, 0.29) is 10.5 Å². The molecule has 3 heterocycles. The van der Waals surface area contributed by atoms with Crippen LogP contribution in [0.4, 0.5) is 0 Å². The van der Waals surface area contributed by atoms with Crippen molar-refractivity contribution in [3.8, 4) is 11.8 Å². The van der Waals surface area contributed by atoms with Crippen molar-refractivity contribution >= 4 is 20.9 Å². The molecule has 1 aliphatic heterocycles. The SMILES string of the molecule is Cc1cc2c(cnn2-c2ccc(=O)n(C)c2)cc1C1(Cc2ccccc2)CCN(S(=O)(=O)c2cccc(C#N)c2)C1. The first-order valence-electron chi connectivity index (χ1n) is 13.4. The first-order chi connectivity index (χ1) is 19.7. The topological polar surface area (TPSA) is 101 Å². The highest BCUT2D eigenvalue weighted by Gasteiger charge is 2.45. The minimum atomic E-state index is -3.80. The summed E-state index contributed by atoms with van der Waals surface area (Å²) in [4.78, 5) is 12.1. The van der Waals surface area contributed by atoms with E-state index in [0.29, 0.717) is 31.5 Å². The van der Waals surface area contributed by atoms with Crippen molar-refractivity contribution in [2.24, 2.45) is 7.05 Å². The molecule has 1 atom stereocenters. The molecular formula is C32H29N5O3S. The van der Waals surface area contributed by atoms with Gasteiger partial charge in [-0.05, 0) is 72.9 Å². The Morgan fingerprint density at radius 3 is 2.59 bits per heavy atom. The first-order valence-corrected chi connectivity index (χ1v) is 14.8. The van der Waals surface area contributed by atoms with Gasteiger partial charge in [-0.15, -0.1) is 0 Å². The average Bonchev–Trinajstić information content (AvgIpc) is 3.60. The number of fused-ring (bicyclic) bond motifs is 1. The molecule has 2 aromatic heterocycles. The average molecular weight is 564 g/mol. The number of rotatable bonds is 6. The van der Waals surface area contributed by atoms with Crippen LogP contribution in [0.15, 0.2) is 101 Å². The minimum Gasteiger partial charge on any atom is -0.316 e. The Bertz CT molecular complexity index is 1990. The van der Waals surface area contributed by atoms with E-state index >= 15 is 0 Å². The van der Waals surface area contributed by atoms with Gasteiger partial charge < -0.3 is 4.57 Å². The van der Waals surface area contributed by atoms with Gasteiger partial charge in [-0.1, -0.05) is 36.4 Å². The molecule has 1 saturated heterocycles. The first kappa shape index (κ1) is 26.7. The monoisotopic (exact) mass is 563 g/mol. The van der Waals surface area contributed by atoms with Crippen molar-refractivity contribution in [2.75, 3.05) is 13.1 Å². The molecular weight excluding hydrogens is 534 g/mol. The standard InChI is InChI=1S/C32H29N5O3S/c1-23-15-30-26(20-34-37(30)27-11-12-31(38)35(2)21-27)17-29(23)32(18-24-7-4-3-5-8-24)13-14-36(22-32)41(39,40)28-10-6-9-25(16-28)19-33/h3-12,15-17,20-21H,13-14,18,22H2,1-2H3. The third-order valence-corrected chi connectivity index (χ3v) is 9.95. The Kier molecular flexibility index (Phi) is 6.60. The van der Waals surface area contributed by atoms with E-state index in [9.17, 15) is 18.5 Å². The second kappa shape index (κ2) is 10.1. The third-order valence-electron chi connectivity index (χ3n) is 8.11. The van der Waals surface area contributed by atoms with Crippen molar-refractivity contribution < 1.29 is 8.42 Å². The van der Waals surface area contributed by atoms with Gasteiger partial charge >= 0.3 is 0 Å². The van der Waals surface area contributed by atoms with Crippen LogP contribution < -0.4 is 5.56 Å². The second-order valence-corrected chi connectivity index (χ2v) is 12.7. The largest absolute Gasteiger partial charge is 0.316 e. The fourth-order valence-electron chi connectivity index (χ4n) is 6.02. The third kappa shape index (κ3) is 4.75. The highest BCUT2D eigenvalue weighted by atomic mass is 32.2. The van der Waals surface area contributed by atoms with E-state index in [0.717, 1.165) is 33.3 Å². The number of aromatic nitrogens is 3. The zero-order chi connectivity index (χ0) is 28.8. The predicted octanol–water partition coefficient (Wildman–Crippen LogP) is 4.48. The molecule has 0 spiro atoms. The van der Waals surface area contributed by atoms with Gasteiger partial charge in [-0.2, -0.15) is 14.7 Å². The molecule has 41 heavy (non-hydrogen) atoms. The number of hydrogen-bond acceptors (Lipinski definition) is 5. The number of nitrogens with zero attached hydrogens (tertiary/aromatic N) is 5. The molecule has 0 radical (unpaired) electrons. The Morgan fingerprint density at radius 2 is 1.83 bits per heavy atom. The summed E-state index contributed by atoms with van der Waals surface area (Å²) in [5.41, 5.74) is 4.74. The highest BCUT2D eigenvalue weighted by Crippen LogP contribution is 2.42. The molecule has 206 valence electrons. The summed E-state index contributed by atoms with van der Waals surface area (Å²) in [6, 6.07) is 25.9. The molecule has 1 fully saturated rings. The maximum absolute atomic E-state index is 13.8. The highest BCUT2D eigenvalue weighted by molar-refractivity contribution is 7.89. The van der Waals surface area contributed by atoms with Crippen LogP contribution in [-0.4, -0.2) is 40.2 Å². The summed E-state index contributed by atoms with van der Waals surface area (Å²) >= 11 is 0. The van der Waals surface area contributed by atoms with Crippen molar-refractivity contribution in [3.63, 3.8) is 0 Å². The number of nitriles is 1. The molecule has 6 rings (SSSR count). The van der Waals surface area contributed by atoms with E-state index in [1.54, 1.807) is 41.8 Å². The molecule has 0 amide bonds. The normalized spacial score (nSPS) is 17.6. The van der Waals surface area contributed by atoms with Crippen LogP contribution in [0.2, 0.25) is 0 Å². The van der Waals surface area contributed by atoms with Crippen LogP contribution in [0.5, 0.6) is 0 Å². The van der Waals surface area contributed by atoms with E-state index in [1.165, 1.54) is 16.7 Å². The fourth-order valence-corrected chi connectivity index (χ4v) is 7.59. The lowest BCUT2D eigenvalue weighted by Crippen LogP contribution is -2.36. The summed E-state index contributed by atoms with van der Waals surface area (Å²) < 4.78 is 32.4. The summed E-state index contributed by atoms with van der Waals surface area (Å²) in [6.07, 6.45) is 4.91. The van der Waals surface area contributed by atoms with E-state index in [1.807, 2.05) is 35.1 Å². The molecule has 1 aliphatic rings. The zero-order valence-electron chi connectivity index (χ0n) is 22.9. The number of hydrogen-bond donors (Lipinski definition) is 0. The fraction of sp³-hybridized carbons (Fsp3) is 0.219. The van der Waals surface area contributed by atoms with Crippen LogP contribution in [-0.2, 0) is 28.9 Å². The lowest BCUT2D eigenvalue weighted by atomic mass is 9.73. The van der Waals surface area contributed by atoms with Gasteiger partial charge in [0, 0.05) is 43.2 Å². The van der Waals surface area contributed by atoms with Crippen molar-refractivity contribution in [1.29, 1.82) is 5.26 Å². The van der Waals surface area contributed by atoms with Gasteiger partial charge in [0.05, 0.1) is 33.9 Å². The van der Waals surface area contributed by atoms with Gasteiger partial charge in [0.25, 0.3) is 0 Å². The maximum atomic E-state index is 13.8. The number of pyridine rings is 1. The summed E-state index contributed by atoms with van der Waals surface area (Å²) in [5, 5.41) is 14.9. The Morgan fingerprint density at radius 1 is 1.02 bits per heavy atom. The van der Waals surface area contributed by atoms with Crippen LogP contribution >= 0.6 is 0 Å². The molecule has 5 aromatic rings. The molecule has 1 unspecified atom stereocenters. The molecule has 0 saturated carbocycles. The van der Waals surface area contributed by atoms with Gasteiger partial charge in [0.15, 0.2) is 0 Å². The number of sulfonamides is 1. The smallest absolute Gasteiger partial charge is 0.250 e. The van der Waals surface area contributed by atoms with Crippen LogP contribution in [0.25, 0.3) is 16.6 Å².